The number of benzene rings is 1. The number of nitrogens with one attached hydrogen (secondary N) is 2. The van der Waals surface area contributed by atoms with Crippen molar-refractivity contribution >= 4 is 28.9 Å². The van der Waals surface area contributed by atoms with Crippen molar-refractivity contribution in [2.75, 3.05) is 6.54 Å². The number of rotatable bonds is 2. The Labute approximate surface area is 162 Å². The summed E-state index contributed by atoms with van der Waals surface area (Å²) in [5, 5.41) is 5.73. The lowest BCUT2D eigenvalue weighted by Gasteiger charge is -2.21. The summed E-state index contributed by atoms with van der Waals surface area (Å²) in [5.74, 6) is 5.17. The van der Waals surface area contributed by atoms with Gasteiger partial charge in [-0.1, -0.05) is 18.1 Å². The summed E-state index contributed by atoms with van der Waals surface area (Å²) in [6, 6.07) is 7.25. The van der Waals surface area contributed by atoms with E-state index in [1.54, 1.807) is 32.9 Å². The third-order valence-corrected chi connectivity index (χ3v) is 4.14. The van der Waals surface area contributed by atoms with Gasteiger partial charge in [-0.15, -0.1) is 0 Å². The lowest BCUT2D eigenvalue weighted by atomic mass is 9.88. The smallest absolute Gasteiger partial charge is 0.408 e. The number of hydrogen-bond acceptors (Lipinski definition) is 5. The highest BCUT2D eigenvalue weighted by Gasteiger charge is 2.29. The minimum absolute atomic E-state index is 0.117. The molecule has 1 aromatic carbocycles. The molecule has 1 aliphatic heterocycles. The molecular weight excluding hydrogens is 360 g/mol. The van der Waals surface area contributed by atoms with Gasteiger partial charge in [0.1, 0.15) is 11.2 Å². The van der Waals surface area contributed by atoms with Crippen LogP contribution in [0.5, 0.6) is 0 Å². The molecule has 0 aliphatic carbocycles. The van der Waals surface area contributed by atoms with Gasteiger partial charge in [0.25, 0.3) is 0 Å². The maximum absolute atomic E-state index is 12.2. The molecule has 2 N–H and O–H groups in total. The Bertz CT molecular complexity index is 988. The van der Waals surface area contributed by atoms with E-state index in [-0.39, 0.29) is 18.4 Å². The second kappa shape index (κ2) is 7.77. The molecule has 0 radical (unpaired) electrons. The molecule has 1 aromatic heterocycles. The molecule has 0 spiro atoms. The highest BCUT2D eigenvalue weighted by atomic mass is 16.6. The minimum atomic E-state index is -0.567. The van der Waals surface area contributed by atoms with E-state index in [0.29, 0.717) is 24.2 Å². The van der Waals surface area contributed by atoms with Crippen molar-refractivity contribution in [1.82, 2.24) is 10.6 Å². The van der Waals surface area contributed by atoms with Gasteiger partial charge in [0.15, 0.2) is 5.76 Å². The number of ether oxygens (including phenoxy) is 1. The minimum Gasteiger partial charge on any atom is -0.448 e. The number of amides is 3. The number of piperidine rings is 1. The number of imide groups is 1. The highest BCUT2D eigenvalue weighted by Crippen LogP contribution is 2.32. The van der Waals surface area contributed by atoms with E-state index < -0.39 is 17.6 Å². The summed E-state index contributed by atoms with van der Waals surface area (Å²) in [4.78, 5) is 35.2. The third kappa shape index (κ3) is 4.71. The predicted octanol–water partition coefficient (Wildman–Crippen LogP) is 2.83. The molecule has 1 unspecified atom stereocenters. The van der Waals surface area contributed by atoms with Crippen LogP contribution >= 0.6 is 0 Å². The van der Waals surface area contributed by atoms with Crippen LogP contribution in [-0.2, 0) is 14.3 Å². The lowest BCUT2D eigenvalue weighted by Crippen LogP contribution is -2.39. The summed E-state index contributed by atoms with van der Waals surface area (Å²) >= 11 is 0. The molecule has 3 rings (SSSR count). The first-order valence-electron chi connectivity index (χ1n) is 9.05. The van der Waals surface area contributed by atoms with Gasteiger partial charge >= 0.3 is 6.09 Å². The average molecular weight is 382 g/mol. The standard InChI is InChI=1S/C21H22N2O5/c1-21(2,3)28-20(26)22-11-5-6-13-12-16-14(7-4-8-17(16)27-13)15-9-10-18(24)23-19(15)25/h4,7-8,12,15H,9-11H2,1-3H3,(H,22,26)(H,23,24,25). The van der Waals surface area contributed by atoms with Crippen molar-refractivity contribution < 1.29 is 23.5 Å². The Morgan fingerprint density at radius 2 is 2.14 bits per heavy atom. The third-order valence-electron chi connectivity index (χ3n) is 4.14. The number of alkyl carbamates (subject to hydrolysis) is 1. The molecule has 0 saturated carbocycles. The van der Waals surface area contributed by atoms with Gasteiger partial charge in [-0.05, 0) is 44.7 Å². The highest BCUT2D eigenvalue weighted by molar-refractivity contribution is 6.02. The van der Waals surface area contributed by atoms with E-state index in [0.717, 1.165) is 10.9 Å². The van der Waals surface area contributed by atoms with Crippen LogP contribution in [0.3, 0.4) is 0 Å². The van der Waals surface area contributed by atoms with E-state index >= 15 is 0 Å². The van der Waals surface area contributed by atoms with Crippen molar-refractivity contribution in [1.29, 1.82) is 0 Å². The van der Waals surface area contributed by atoms with Crippen molar-refractivity contribution in [3.8, 4) is 11.8 Å². The van der Waals surface area contributed by atoms with E-state index in [4.69, 9.17) is 9.15 Å². The van der Waals surface area contributed by atoms with E-state index in [1.165, 1.54) is 0 Å². The molecule has 2 heterocycles. The Morgan fingerprint density at radius 3 is 2.86 bits per heavy atom. The van der Waals surface area contributed by atoms with Gasteiger partial charge in [0.05, 0.1) is 12.5 Å². The van der Waals surface area contributed by atoms with Crippen LogP contribution in [0.1, 0.15) is 50.9 Å². The number of hydrogen-bond donors (Lipinski definition) is 2. The van der Waals surface area contributed by atoms with Gasteiger partial charge < -0.3 is 14.5 Å². The maximum Gasteiger partial charge on any atom is 0.408 e. The molecule has 1 atom stereocenters. The molecule has 0 bridgehead atoms. The Kier molecular flexibility index (Phi) is 5.41. The fourth-order valence-electron chi connectivity index (χ4n) is 3.00. The molecule has 1 fully saturated rings. The summed E-state index contributed by atoms with van der Waals surface area (Å²) < 4.78 is 10.9. The van der Waals surface area contributed by atoms with Gasteiger partial charge in [0.2, 0.25) is 11.8 Å². The zero-order valence-corrected chi connectivity index (χ0v) is 16.0. The zero-order valence-electron chi connectivity index (χ0n) is 16.0. The van der Waals surface area contributed by atoms with Crippen LogP contribution in [0.15, 0.2) is 28.7 Å². The lowest BCUT2D eigenvalue weighted by molar-refractivity contribution is -0.134. The van der Waals surface area contributed by atoms with Crippen LogP contribution in [0.4, 0.5) is 4.79 Å². The fourth-order valence-corrected chi connectivity index (χ4v) is 3.00. The first-order valence-corrected chi connectivity index (χ1v) is 9.05. The largest absolute Gasteiger partial charge is 0.448 e. The van der Waals surface area contributed by atoms with E-state index in [2.05, 4.69) is 22.5 Å². The topological polar surface area (TPSA) is 97.6 Å². The van der Waals surface area contributed by atoms with Crippen LogP contribution in [0, 0.1) is 11.8 Å². The Hall–Kier alpha value is -3.27. The van der Waals surface area contributed by atoms with Crippen molar-refractivity contribution in [2.24, 2.45) is 0 Å². The average Bonchev–Trinajstić information content (AvgIpc) is 3.00. The molecule has 28 heavy (non-hydrogen) atoms. The van der Waals surface area contributed by atoms with Crippen molar-refractivity contribution in [3.05, 3.63) is 35.6 Å². The van der Waals surface area contributed by atoms with Crippen LogP contribution in [-0.4, -0.2) is 30.1 Å². The van der Waals surface area contributed by atoms with Gasteiger partial charge in [-0.3, -0.25) is 14.9 Å². The SMILES string of the molecule is CC(C)(C)OC(=O)NCC#Cc1cc2c(C3CCC(=O)NC3=O)cccc2o1. The van der Waals surface area contributed by atoms with Gasteiger partial charge in [-0.2, -0.15) is 0 Å². The molecule has 146 valence electrons. The van der Waals surface area contributed by atoms with E-state index in [9.17, 15) is 14.4 Å². The van der Waals surface area contributed by atoms with Crippen LogP contribution in [0.2, 0.25) is 0 Å². The zero-order chi connectivity index (χ0) is 20.3. The number of carbonyl (C=O) groups excluding carboxylic acids is 3. The van der Waals surface area contributed by atoms with Gasteiger partial charge in [-0.25, -0.2) is 4.79 Å². The number of carbonyl (C=O) groups is 3. The van der Waals surface area contributed by atoms with Gasteiger partial charge in [0, 0.05) is 17.9 Å². The number of furan rings is 1. The number of fused-ring (bicyclic) bond motifs is 1. The Balaban J connectivity index is 1.73. The normalized spacial score (nSPS) is 16.9. The molecule has 1 saturated heterocycles. The second-order valence-electron chi connectivity index (χ2n) is 7.53. The summed E-state index contributed by atoms with van der Waals surface area (Å²) in [6.07, 6.45) is 0.246. The molecule has 7 nitrogen and oxygen atoms in total. The molecule has 3 amide bonds. The summed E-state index contributed by atoms with van der Waals surface area (Å²) in [6.45, 7) is 5.47. The first kappa shape index (κ1) is 19.5. The molecular formula is C21H22N2O5. The summed E-state index contributed by atoms with van der Waals surface area (Å²) in [5.41, 5.74) is 0.862. The quantitative estimate of drug-likeness (QED) is 0.615. The first-order chi connectivity index (χ1) is 13.2. The molecule has 1 aliphatic rings. The summed E-state index contributed by atoms with van der Waals surface area (Å²) in [7, 11) is 0. The van der Waals surface area contributed by atoms with Crippen LogP contribution in [0.25, 0.3) is 11.0 Å². The van der Waals surface area contributed by atoms with Crippen molar-refractivity contribution in [3.63, 3.8) is 0 Å². The van der Waals surface area contributed by atoms with Crippen LogP contribution < -0.4 is 10.6 Å². The monoisotopic (exact) mass is 382 g/mol. The second-order valence-corrected chi connectivity index (χ2v) is 7.53. The molecule has 7 heteroatoms. The Morgan fingerprint density at radius 1 is 1.36 bits per heavy atom. The maximum atomic E-state index is 12.2. The predicted molar refractivity (Wildman–Crippen MR) is 102 cm³/mol. The molecule has 2 aromatic rings. The fraction of sp³-hybridized carbons (Fsp3) is 0.381. The van der Waals surface area contributed by atoms with E-state index in [1.807, 2.05) is 12.1 Å². The van der Waals surface area contributed by atoms with Crippen molar-refractivity contribution in [2.45, 2.75) is 45.1 Å².